The number of piperidine rings is 1. The molecule has 1 fully saturated rings. The van der Waals surface area contributed by atoms with E-state index in [0.717, 1.165) is 50.8 Å². The van der Waals surface area contributed by atoms with Gasteiger partial charge in [-0.2, -0.15) is 0 Å². The summed E-state index contributed by atoms with van der Waals surface area (Å²) in [5.74, 6) is -0.207. The molecule has 7 heteroatoms. The number of aromatic nitrogens is 1. The van der Waals surface area contributed by atoms with Gasteiger partial charge >= 0.3 is 0 Å². The predicted octanol–water partition coefficient (Wildman–Crippen LogP) is 4.01. The molecule has 1 saturated heterocycles. The minimum absolute atomic E-state index is 0.0819. The molecule has 1 amide bonds. The first-order valence-electron chi connectivity index (χ1n) is 9.85. The van der Waals surface area contributed by atoms with E-state index in [1.165, 1.54) is 12.1 Å². The van der Waals surface area contributed by atoms with Crippen LogP contribution in [0.25, 0.3) is 11.5 Å². The van der Waals surface area contributed by atoms with Crippen LogP contribution in [0.2, 0.25) is 0 Å². The number of carbonyl (C=O) groups is 1. The average Bonchev–Trinajstić information content (AvgIpc) is 3.03. The zero-order valence-corrected chi connectivity index (χ0v) is 16.7. The number of amides is 1. The second kappa shape index (κ2) is 8.82. The number of nitrogens with zero attached hydrogens (tertiary/aromatic N) is 3. The zero-order chi connectivity index (χ0) is 20.3. The van der Waals surface area contributed by atoms with Crippen LogP contribution in [0.1, 0.15) is 38.1 Å². The van der Waals surface area contributed by atoms with Crippen molar-refractivity contribution < 1.29 is 18.0 Å². The summed E-state index contributed by atoms with van der Waals surface area (Å²) in [6, 6.07) is 3.35. The van der Waals surface area contributed by atoms with Gasteiger partial charge in [0.2, 0.25) is 11.8 Å². The van der Waals surface area contributed by atoms with Gasteiger partial charge in [0.25, 0.3) is 0 Å². The molecule has 152 valence electrons. The lowest BCUT2D eigenvalue weighted by Crippen LogP contribution is -2.42. The molecule has 28 heavy (non-hydrogen) atoms. The molecule has 0 N–H and O–H groups in total. The van der Waals surface area contributed by atoms with Gasteiger partial charge < -0.3 is 9.32 Å². The number of hydrogen-bond donors (Lipinski definition) is 0. The van der Waals surface area contributed by atoms with Crippen molar-refractivity contribution >= 4 is 5.91 Å². The lowest BCUT2D eigenvalue weighted by molar-refractivity contribution is -0.136. The molecule has 5 nitrogen and oxygen atoms in total. The molecule has 0 saturated carbocycles. The number of carbonyl (C=O) groups excluding carboxylic acids is 1. The lowest BCUT2D eigenvalue weighted by atomic mass is 9.95. The van der Waals surface area contributed by atoms with Gasteiger partial charge in [0.05, 0.1) is 11.3 Å². The van der Waals surface area contributed by atoms with E-state index in [1.54, 1.807) is 6.92 Å². The monoisotopic (exact) mass is 391 g/mol. The van der Waals surface area contributed by atoms with Gasteiger partial charge in [-0.1, -0.05) is 0 Å². The minimum atomic E-state index is -0.691. The van der Waals surface area contributed by atoms with E-state index < -0.39 is 11.6 Å². The first-order valence-corrected chi connectivity index (χ1v) is 9.85. The minimum Gasteiger partial charge on any atom is -0.441 e. The van der Waals surface area contributed by atoms with Crippen molar-refractivity contribution in [2.75, 3.05) is 26.2 Å². The second-order valence-electron chi connectivity index (χ2n) is 7.21. The molecule has 0 aliphatic carbocycles. The van der Waals surface area contributed by atoms with Gasteiger partial charge in [-0.3, -0.25) is 9.69 Å². The van der Waals surface area contributed by atoms with Crippen LogP contribution in [-0.4, -0.2) is 46.9 Å². The maximum atomic E-state index is 14.0. The maximum absolute atomic E-state index is 14.0. The lowest BCUT2D eigenvalue weighted by Gasteiger charge is -2.33. The number of hydrogen-bond acceptors (Lipinski definition) is 4. The Labute approximate surface area is 164 Å². The van der Waals surface area contributed by atoms with E-state index in [1.807, 2.05) is 18.7 Å². The molecular formula is C21H27F2N3O2. The number of rotatable bonds is 6. The molecule has 2 heterocycles. The normalized spacial score (nSPS) is 15.8. The zero-order valence-electron chi connectivity index (χ0n) is 16.7. The molecule has 1 aliphatic rings. The van der Waals surface area contributed by atoms with E-state index in [9.17, 15) is 13.6 Å². The van der Waals surface area contributed by atoms with Gasteiger partial charge in [-0.25, -0.2) is 13.8 Å². The van der Waals surface area contributed by atoms with Crippen LogP contribution in [0.3, 0.4) is 0 Å². The van der Waals surface area contributed by atoms with Gasteiger partial charge in [-0.15, -0.1) is 0 Å². The van der Waals surface area contributed by atoms with Crippen molar-refractivity contribution in [2.45, 2.75) is 40.2 Å². The summed E-state index contributed by atoms with van der Waals surface area (Å²) >= 11 is 0. The molecule has 0 bridgehead atoms. The quantitative estimate of drug-likeness (QED) is 0.747. The molecule has 1 aromatic carbocycles. The van der Waals surface area contributed by atoms with Gasteiger partial charge in [0, 0.05) is 31.6 Å². The average molecular weight is 391 g/mol. The first kappa shape index (κ1) is 20.5. The van der Waals surface area contributed by atoms with Gasteiger partial charge in [0.1, 0.15) is 17.4 Å². The molecule has 0 radical (unpaired) electrons. The summed E-state index contributed by atoms with van der Waals surface area (Å²) < 4.78 is 32.7. The summed E-state index contributed by atoms with van der Waals surface area (Å²) in [5, 5.41) is 0. The highest BCUT2D eigenvalue weighted by Gasteiger charge is 2.28. The Morgan fingerprint density at radius 1 is 1.25 bits per heavy atom. The van der Waals surface area contributed by atoms with E-state index in [4.69, 9.17) is 4.42 Å². The van der Waals surface area contributed by atoms with E-state index in [0.29, 0.717) is 12.3 Å². The molecule has 0 spiro atoms. The van der Waals surface area contributed by atoms with Crippen LogP contribution in [0.15, 0.2) is 22.6 Å². The van der Waals surface area contributed by atoms with Crippen LogP contribution in [-0.2, 0) is 11.3 Å². The third-order valence-electron chi connectivity index (χ3n) is 5.44. The highest BCUT2D eigenvalue weighted by Crippen LogP contribution is 2.27. The van der Waals surface area contributed by atoms with Crippen molar-refractivity contribution in [1.82, 2.24) is 14.8 Å². The standard InChI is InChI=1S/C21H27F2N3O2/c1-4-26(5-2)21(27)15-8-10-25(11-9-15)13-19-14(3)28-20(24-19)17-7-6-16(22)12-18(17)23/h6-7,12,15H,4-5,8-11,13H2,1-3H3. The molecule has 0 unspecified atom stereocenters. The van der Waals surface area contributed by atoms with Crippen molar-refractivity contribution in [1.29, 1.82) is 0 Å². The van der Waals surface area contributed by atoms with Gasteiger partial charge in [-0.05, 0) is 58.8 Å². The van der Waals surface area contributed by atoms with E-state index in [-0.39, 0.29) is 23.3 Å². The predicted molar refractivity (Wildman–Crippen MR) is 103 cm³/mol. The second-order valence-corrected chi connectivity index (χ2v) is 7.21. The Kier molecular flexibility index (Phi) is 6.44. The van der Waals surface area contributed by atoms with Crippen molar-refractivity contribution in [2.24, 2.45) is 5.92 Å². The Morgan fingerprint density at radius 3 is 2.54 bits per heavy atom. The first-order chi connectivity index (χ1) is 13.4. The van der Waals surface area contributed by atoms with E-state index in [2.05, 4.69) is 9.88 Å². The van der Waals surface area contributed by atoms with Crippen LogP contribution in [0.4, 0.5) is 8.78 Å². The molecular weight excluding hydrogens is 364 g/mol. The SMILES string of the molecule is CCN(CC)C(=O)C1CCN(Cc2nc(-c3ccc(F)cc3F)oc2C)CC1. The Hall–Kier alpha value is -2.28. The molecule has 2 aromatic rings. The smallest absolute Gasteiger partial charge is 0.229 e. The topological polar surface area (TPSA) is 49.6 Å². The summed E-state index contributed by atoms with van der Waals surface area (Å²) in [6.07, 6.45) is 1.65. The molecule has 0 atom stereocenters. The summed E-state index contributed by atoms with van der Waals surface area (Å²) in [7, 11) is 0. The fraction of sp³-hybridized carbons (Fsp3) is 0.524. The van der Waals surface area contributed by atoms with Crippen LogP contribution in [0, 0.1) is 24.5 Å². The molecule has 1 aromatic heterocycles. The number of benzene rings is 1. The fourth-order valence-corrected chi connectivity index (χ4v) is 3.70. The Balaban J connectivity index is 1.63. The van der Waals surface area contributed by atoms with Crippen LogP contribution < -0.4 is 0 Å². The highest BCUT2D eigenvalue weighted by atomic mass is 19.1. The number of aryl methyl sites for hydroxylation is 1. The van der Waals surface area contributed by atoms with Crippen LogP contribution >= 0.6 is 0 Å². The summed E-state index contributed by atoms with van der Waals surface area (Å²) in [4.78, 5) is 21.1. The summed E-state index contributed by atoms with van der Waals surface area (Å²) in [5.41, 5.74) is 0.895. The van der Waals surface area contributed by atoms with Crippen molar-refractivity contribution in [3.63, 3.8) is 0 Å². The largest absolute Gasteiger partial charge is 0.441 e. The highest BCUT2D eigenvalue weighted by molar-refractivity contribution is 5.78. The third kappa shape index (κ3) is 4.41. The molecule has 3 rings (SSSR count). The third-order valence-corrected chi connectivity index (χ3v) is 5.44. The Bertz CT molecular complexity index is 825. The summed E-state index contributed by atoms with van der Waals surface area (Å²) in [6.45, 7) is 9.51. The maximum Gasteiger partial charge on any atom is 0.229 e. The van der Waals surface area contributed by atoms with Crippen molar-refractivity contribution in [3.05, 3.63) is 41.3 Å². The molecule has 1 aliphatic heterocycles. The number of oxazole rings is 1. The Morgan fingerprint density at radius 2 is 1.93 bits per heavy atom. The number of likely N-dealkylation sites (tertiary alicyclic amines) is 1. The van der Waals surface area contributed by atoms with Gasteiger partial charge in [0.15, 0.2) is 0 Å². The number of halogens is 2. The van der Waals surface area contributed by atoms with E-state index >= 15 is 0 Å². The van der Waals surface area contributed by atoms with Crippen molar-refractivity contribution in [3.8, 4) is 11.5 Å². The fourth-order valence-electron chi connectivity index (χ4n) is 3.70. The van der Waals surface area contributed by atoms with Crippen LogP contribution in [0.5, 0.6) is 0 Å².